The molecule has 0 radical (unpaired) electrons. The van der Waals surface area contributed by atoms with E-state index in [9.17, 15) is 19.5 Å². The molecule has 7 nitrogen and oxygen atoms in total. The van der Waals surface area contributed by atoms with Crippen LogP contribution < -0.4 is 5.32 Å². The summed E-state index contributed by atoms with van der Waals surface area (Å²) in [5.74, 6) is -1.72. The molecule has 7 heteroatoms. The first-order valence-corrected chi connectivity index (χ1v) is 11.9. The van der Waals surface area contributed by atoms with Crippen LogP contribution in [-0.4, -0.2) is 38.8 Å². The van der Waals surface area contributed by atoms with Gasteiger partial charge < -0.3 is 15.3 Å². The first kappa shape index (κ1) is 25.3. The lowest BCUT2D eigenvalue weighted by molar-refractivity contribution is -0.139. The summed E-state index contributed by atoms with van der Waals surface area (Å²) >= 11 is 0. The van der Waals surface area contributed by atoms with Crippen LogP contribution in [0.4, 0.5) is 0 Å². The molecular formula is C30H27N3O4. The van der Waals surface area contributed by atoms with Gasteiger partial charge in [-0.3, -0.25) is 14.6 Å². The monoisotopic (exact) mass is 493 g/mol. The Morgan fingerprint density at radius 2 is 1.32 bits per heavy atom. The highest BCUT2D eigenvalue weighted by atomic mass is 16.4. The molecule has 1 aromatic heterocycles. The van der Waals surface area contributed by atoms with E-state index in [1.54, 1.807) is 53.7 Å². The Hall–Kier alpha value is -4.78. The number of rotatable bonds is 10. The molecule has 0 saturated heterocycles. The number of hydrogen-bond donors (Lipinski definition) is 2. The number of pyridine rings is 1. The van der Waals surface area contributed by atoms with E-state index in [4.69, 9.17) is 0 Å². The lowest BCUT2D eigenvalue weighted by atomic mass is 10.0. The van der Waals surface area contributed by atoms with Crippen molar-refractivity contribution in [1.82, 2.24) is 15.2 Å². The highest BCUT2D eigenvalue weighted by Gasteiger charge is 2.22. The number of amides is 2. The molecule has 1 atom stereocenters. The van der Waals surface area contributed by atoms with Gasteiger partial charge in [0.15, 0.2) is 0 Å². The number of nitrogens with zero attached hydrogens (tertiary/aromatic N) is 2. The van der Waals surface area contributed by atoms with Crippen molar-refractivity contribution in [3.05, 3.63) is 137 Å². The van der Waals surface area contributed by atoms with E-state index < -0.39 is 17.9 Å². The molecule has 4 aromatic rings. The van der Waals surface area contributed by atoms with E-state index in [1.165, 1.54) is 0 Å². The Labute approximate surface area is 215 Å². The molecule has 2 N–H and O–H groups in total. The second kappa shape index (κ2) is 12.3. The molecule has 0 aliphatic heterocycles. The Balaban J connectivity index is 1.46. The maximum Gasteiger partial charge on any atom is 0.326 e. The van der Waals surface area contributed by atoms with Gasteiger partial charge in [-0.1, -0.05) is 72.8 Å². The van der Waals surface area contributed by atoms with Crippen LogP contribution in [0.5, 0.6) is 0 Å². The second-order valence-electron chi connectivity index (χ2n) is 8.64. The maximum atomic E-state index is 13.2. The Morgan fingerprint density at radius 1 is 0.730 bits per heavy atom. The number of aliphatic carboxylic acids is 1. The van der Waals surface area contributed by atoms with Crippen LogP contribution in [0.1, 0.15) is 37.4 Å². The van der Waals surface area contributed by atoms with Gasteiger partial charge in [-0.2, -0.15) is 0 Å². The lowest BCUT2D eigenvalue weighted by Gasteiger charge is -2.23. The summed E-state index contributed by atoms with van der Waals surface area (Å²) in [5, 5.41) is 12.2. The van der Waals surface area contributed by atoms with Gasteiger partial charge in [-0.15, -0.1) is 0 Å². The first-order chi connectivity index (χ1) is 18.0. The standard InChI is InChI=1S/C30H27N3O4/c34-28(32-27(30(36)37)18-22-8-3-1-4-9-22)25-15-13-24(14-16-25)21-33(20-23-10-5-2-6-11-23)29(35)26-12-7-17-31-19-26/h1-17,19,27H,18,20-21H2,(H,32,34)(H,36,37)/t27-/m0/s1. The molecule has 0 unspecified atom stereocenters. The van der Waals surface area contributed by atoms with Gasteiger partial charge in [0.25, 0.3) is 11.8 Å². The summed E-state index contributed by atoms with van der Waals surface area (Å²) in [6, 6.07) is 28.1. The molecular weight excluding hydrogens is 466 g/mol. The summed E-state index contributed by atoms with van der Waals surface area (Å²) in [6.45, 7) is 0.743. The average molecular weight is 494 g/mol. The minimum Gasteiger partial charge on any atom is -0.480 e. The van der Waals surface area contributed by atoms with Crippen molar-refractivity contribution >= 4 is 17.8 Å². The third kappa shape index (κ3) is 7.11. The number of hydrogen-bond acceptors (Lipinski definition) is 4. The highest BCUT2D eigenvalue weighted by molar-refractivity contribution is 5.96. The van der Waals surface area contributed by atoms with Crippen molar-refractivity contribution in [3.8, 4) is 0 Å². The SMILES string of the molecule is O=C(N[C@@H](Cc1ccccc1)C(=O)O)c1ccc(CN(Cc2ccccc2)C(=O)c2cccnc2)cc1. The molecule has 0 aliphatic rings. The van der Waals surface area contributed by atoms with Gasteiger partial charge >= 0.3 is 5.97 Å². The molecule has 3 aromatic carbocycles. The zero-order valence-corrected chi connectivity index (χ0v) is 20.2. The average Bonchev–Trinajstić information content (AvgIpc) is 2.94. The maximum absolute atomic E-state index is 13.2. The van der Waals surface area contributed by atoms with Crippen molar-refractivity contribution in [2.75, 3.05) is 0 Å². The highest BCUT2D eigenvalue weighted by Crippen LogP contribution is 2.15. The largest absolute Gasteiger partial charge is 0.480 e. The number of carboxylic acid groups (broad SMARTS) is 1. The van der Waals surface area contributed by atoms with Crippen molar-refractivity contribution in [1.29, 1.82) is 0 Å². The third-order valence-corrected chi connectivity index (χ3v) is 5.89. The van der Waals surface area contributed by atoms with Gasteiger partial charge in [0.05, 0.1) is 5.56 Å². The number of carboxylic acids is 1. The molecule has 0 bridgehead atoms. The topological polar surface area (TPSA) is 99.6 Å². The molecule has 1 heterocycles. The smallest absolute Gasteiger partial charge is 0.326 e. The first-order valence-electron chi connectivity index (χ1n) is 11.9. The molecule has 4 rings (SSSR count). The predicted octanol–water partition coefficient (Wildman–Crippen LogP) is 4.35. The summed E-state index contributed by atoms with van der Waals surface area (Å²) in [5.41, 5.74) is 3.49. The van der Waals surface area contributed by atoms with Crippen LogP contribution >= 0.6 is 0 Å². The fourth-order valence-corrected chi connectivity index (χ4v) is 3.95. The molecule has 37 heavy (non-hydrogen) atoms. The van der Waals surface area contributed by atoms with Crippen molar-refractivity contribution in [2.45, 2.75) is 25.6 Å². The number of aromatic nitrogens is 1. The van der Waals surface area contributed by atoms with E-state index in [0.29, 0.717) is 24.2 Å². The van der Waals surface area contributed by atoms with E-state index in [-0.39, 0.29) is 12.3 Å². The fourth-order valence-electron chi connectivity index (χ4n) is 3.95. The van der Waals surface area contributed by atoms with Crippen LogP contribution in [0.3, 0.4) is 0 Å². The minimum atomic E-state index is -1.10. The van der Waals surface area contributed by atoms with Gasteiger partial charge in [-0.05, 0) is 41.0 Å². The molecule has 0 saturated carbocycles. The lowest BCUT2D eigenvalue weighted by Crippen LogP contribution is -2.42. The van der Waals surface area contributed by atoms with E-state index in [1.807, 2.05) is 60.7 Å². The summed E-state index contributed by atoms with van der Waals surface area (Å²) < 4.78 is 0. The normalized spacial score (nSPS) is 11.4. The molecule has 186 valence electrons. The summed E-state index contributed by atoms with van der Waals surface area (Å²) in [7, 11) is 0. The van der Waals surface area contributed by atoms with E-state index in [0.717, 1.165) is 16.7 Å². The molecule has 0 aliphatic carbocycles. The Kier molecular flexibility index (Phi) is 8.39. The number of nitrogens with one attached hydrogen (secondary N) is 1. The van der Waals surface area contributed by atoms with E-state index >= 15 is 0 Å². The minimum absolute atomic E-state index is 0.149. The van der Waals surface area contributed by atoms with Crippen molar-refractivity contribution in [3.63, 3.8) is 0 Å². The number of carbonyl (C=O) groups excluding carboxylic acids is 2. The van der Waals surface area contributed by atoms with E-state index in [2.05, 4.69) is 10.3 Å². The zero-order valence-electron chi connectivity index (χ0n) is 20.2. The van der Waals surface area contributed by atoms with Crippen LogP contribution in [0.2, 0.25) is 0 Å². The second-order valence-corrected chi connectivity index (χ2v) is 8.64. The van der Waals surface area contributed by atoms with Crippen LogP contribution in [0.25, 0.3) is 0 Å². The van der Waals surface area contributed by atoms with Gasteiger partial charge in [0.2, 0.25) is 0 Å². The van der Waals surface area contributed by atoms with Crippen molar-refractivity contribution < 1.29 is 19.5 Å². The van der Waals surface area contributed by atoms with Crippen LogP contribution in [0.15, 0.2) is 109 Å². The Morgan fingerprint density at radius 3 is 1.89 bits per heavy atom. The van der Waals surface area contributed by atoms with Crippen LogP contribution in [0, 0.1) is 0 Å². The summed E-state index contributed by atoms with van der Waals surface area (Å²) in [6.07, 6.45) is 3.35. The number of carbonyl (C=O) groups is 3. The van der Waals surface area contributed by atoms with Crippen molar-refractivity contribution in [2.24, 2.45) is 0 Å². The fraction of sp³-hybridized carbons (Fsp3) is 0.133. The zero-order chi connectivity index (χ0) is 26.0. The summed E-state index contributed by atoms with van der Waals surface area (Å²) in [4.78, 5) is 43.5. The quantitative estimate of drug-likeness (QED) is 0.342. The predicted molar refractivity (Wildman–Crippen MR) is 140 cm³/mol. The molecule has 0 spiro atoms. The Bertz CT molecular complexity index is 1330. The van der Waals surface area contributed by atoms with Gasteiger partial charge in [0.1, 0.15) is 6.04 Å². The van der Waals surface area contributed by atoms with Crippen LogP contribution in [-0.2, 0) is 24.3 Å². The third-order valence-electron chi connectivity index (χ3n) is 5.89. The number of benzene rings is 3. The molecule has 2 amide bonds. The molecule has 0 fully saturated rings. The van der Waals surface area contributed by atoms with Gasteiger partial charge in [0, 0.05) is 37.5 Å². The van der Waals surface area contributed by atoms with Gasteiger partial charge in [-0.25, -0.2) is 4.79 Å².